The van der Waals surface area contributed by atoms with E-state index in [0.717, 1.165) is 12.8 Å². The van der Waals surface area contributed by atoms with Crippen LogP contribution in [0.25, 0.3) is 0 Å². The van der Waals surface area contributed by atoms with Gasteiger partial charge in [0, 0.05) is 0 Å². The van der Waals surface area contributed by atoms with Gasteiger partial charge in [0.2, 0.25) is 0 Å². The molecule has 1 aliphatic rings. The second-order valence-corrected chi connectivity index (χ2v) is 7.12. The molecule has 1 aliphatic heterocycles. The van der Waals surface area contributed by atoms with Gasteiger partial charge in [-0.15, -0.1) is 0 Å². The fraction of sp³-hybridized carbons (Fsp3) is 0.950. The minimum atomic E-state index is -0.564. The number of ether oxygens (including phenoxy) is 2. The van der Waals surface area contributed by atoms with E-state index in [4.69, 9.17) is 9.47 Å². The maximum absolute atomic E-state index is 11.5. The summed E-state index contributed by atoms with van der Waals surface area (Å²) in [6.07, 6.45) is 19.8. The molecule has 136 valence electrons. The van der Waals surface area contributed by atoms with E-state index in [1.807, 2.05) is 0 Å². The normalized spacial score (nSPS) is 19.7. The Morgan fingerprint density at radius 2 is 1.22 bits per heavy atom. The molecule has 0 N–H and O–H groups in total. The van der Waals surface area contributed by atoms with Gasteiger partial charge in [0.1, 0.15) is 0 Å². The van der Waals surface area contributed by atoms with Crippen LogP contribution >= 0.6 is 0 Å². The summed E-state index contributed by atoms with van der Waals surface area (Å²) in [5.74, 6) is -0.188. The number of unbranched alkanes of at least 4 members (excludes halogenated alkanes) is 13. The van der Waals surface area contributed by atoms with Gasteiger partial charge in [-0.1, -0.05) is 90.4 Å². The molecule has 0 aromatic rings. The van der Waals surface area contributed by atoms with Gasteiger partial charge in [0.25, 0.3) is 0 Å². The first-order valence-corrected chi connectivity index (χ1v) is 9.97. The molecule has 0 bridgehead atoms. The lowest BCUT2D eigenvalue weighted by Gasteiger charge is -2.08. The van der Waals surface area contributed by atoms with Crippen LogP contribution in [0.4, 0.5) is 0 Å². The molecule has 0 aliphatic carbocycles. The quantitative estimate of drug-likeness (QED) is 0.204. The van der Waals surface area contributed by atoms with Crippen molar-refractivity contribution in [2.75, 3.05) is 13.7 Å². The SMILES string of the molecule is CCCCCCCCCCCCCCCC[C@]1(C(=O)OC)CO1. The summed E-state index contributed by atoms with van der Waals surface area (Å²) >= 11 is 0. The first kappa shape index (κ1) is 20.5. The van der Waals surface area contributed by atoms with Crippen LogP contribution in [0, 0.1) is 0 Å². The molecule has 0 spiro atoms. The Hall–Kier alpha value is -0.570. The van der Waals surface area contributed by atoms with Crippen LogP contribution in [0.15, 0.2) is 0 Å². The lowest BCUT2D eigenvalue weighted by atomic mass is 10.0. The number of epoxide rings is 1. The highest BCUT2D eigenvalue weighted by molar-refractivity contribution is 5.82. The van der Waals surface area contributed by atoms with E-state index in [9.17, 15) is 4.79 Å². The van der Waals surface area contributed by atoms with Crippen molar-refractivity contribution in [1.82, 2.24) is 0 Å². The molecular formula is C20H38O3. The summed E-state index contributed by atoms with van der Waals surface area (Å²) in [5, 5.41) is 0. The van der Waals surface area contributed by atoms with Crippen molar-refractivity contribution < 1.29 is 14.3 Å². The molecule has 1 rings (SSSR count). The van der Waals surface area contributed by atoms with Gasteiger partial charge in [-0.3, -0.25) is 0 Å². The van der Waals surface area contributed by atoms with Crippen molar-refractivity contribution in [2.45, 2.75) is 109 Å². The molecule has 1 saturated heterocycles. The molecule has 3 nitrogen and oxygen atoms in total. The largest absolute Gasteiger partial charge is 0.467 e. The Morgan fingerprint density at radius 1 is 0.826 bits per heavy atom. The Bertz CT molecular complexity index is 297. The molecule has 3 heteroatoms. The third kappa shape index (κ3) is 9.34. The molecule has 0 aromatic carbocycles. The van der Waals surface area contributed by atoms with E-state index < -0.39 is 5.60 Å². The number of esters is 1. The van der Waals surface area contributed by atoms with Gasteiger partial charge in [-0.2, -0.15) is 0 Å². The maximum Gasteiger partial charge on any atom is 0.340 e. The molecule has 0 radical (unpaired) electrons. The van der Waals surface area contributed by atoms with Gasteiger partial charge < -0.3 is 9.47 Å². The summed E-state index contributed by atoms with van der Waals surface area (Å²) in [5.41, 5.74) is -0.564. The molecule has 1 atom stereocenters. The monoisotopic (exact) mass is 326 g/mol. The number of carbonyl (C=O) groups is 1. The third-order valence-electron chi connectivity index (χ3n) is 4.98. The predicted octanol–water partition coefficient (Wildman–Crippen LogP) is 5.80. The van der Waals surface area contributed by atoms with Crippen LogP contribution in [0.1, 0.15) is 103 Å². The van der Waals surface area contributed by atoms with E-state index in [2.05, 4.69) is 6.92 Å². The number of hydrogen-bond acceptors (Lipinski definition) is 3. The van der Waals surface area contributed by atoms with Crippen LogP contribution in [0.3, 0.4) is 0 Å². The topological polar surface area (TPSA) is 38.8 Å². The Balaban J connectivity index is 1.76. The van der Waals surface area contributed by atoms with Crippen LogP contribution in [0.2, 0.25) is 0 Å². The smallest absolute Gasteiger partial charge is 0.340 e. The molecule has 1 heterocycles. The fourth-order valence-corrected chi connectivity index (χ4v) is 3.24. The second-order valence-electron chi connectivity index (χ2n) is 7.12. The first-order valence-electron chi connectivity index (χ1n) is 9.97. The summed E-state index contributed by atoms with van der Waals surface area (Å²) in [4.78, 5) is 11.5. The van der Waals surface area contributed by atoms with Crippen molar-refractivity contribution >= 4 is 5.97 Å². The maximum atomic E-state index is 11.5. The molecular weight excluding hydrogens is 288 g/mol. The van der Waals surface area contributed by atoms with Crippen molar-refractivity contribution in [1.29, 1.82) is 0 Å². The van der Waals surface area contributed by atoms with Gasteiger partial charge >= 0.3 is 5.97 Å². The molecule has 23 heavy (non-hydrogen) atoms. The molecule has 0 saturated carbocycles. The van der Waals surface area contributed by atoms with E-state index in [1.165, 1.54) is 90.6 Å². The van der Waals surface area contributed by atoms with Gasteiger partial charge in [-0.25, -0.2) is 4.79 Å². The zero-order valence-corrected chi connectivity index (χ0v) is 15.5. The van der Waals surface area contributed by atoms with E-state index in [0.29, 0.717) is 6.61 Å². The zero-order chi connectivity index (χ0) is 16.8. The highest BCUT2D eigenvalue weighted by Crippen LogP contribution is 2.34. The van der Waals surface area contributed by atoms with Crippen LogP contribution in [-0.4, -0.2) is 25.3 Å². The van der Waals surface area contributed by atoms with Crippen molar-refractivity contribution in [3.63, 3.8) is 0 Å². The van der Waals surface area contributed by atoms with Gasteiger partial charge in [0.05, 0.1) is 13.7 Å². The Labute approximate surface area is 143 Å². The minimum Gasteiger partial charge on any atom is -0.467 e. The number of carbonyl (C=O) groups excluding carboxylic acids is 1. The minimum absolute atomic E-state index is 0.188. The van der Waals surface area contributed by atoms with Crippen molar-refractivity contribution in [3.8, 4) is 0 Å². The van der Waals surface area contributed by atoms with E-state index in [1.54, 1.807) is 0 Å². The molecule has 0 amide bonds. The number of hydrogen-bond donors (Lipinski definition) is 0. The average Bonchev–Trinajstić information content (AvgIpc) is 3.35. The molecule has 1 fully saturated rings. The summed E-state index contributed by atoms with van der Waals surface area (Å²) in [7, 11) is 1.44. The third-order valence-corrected chi connectivity index (χ3v) is 4.98. The van der Waals surface area contributed by atoms with Crippen molar-refractivity contribution in [2.24, 2.45) is 0 Å². The fourth-order valence-electron chi connectivity index (χ4n) is 3.24. The Morgan fingerprint density at radius 3 is 1.57 bits per heavy atom. The standard InChI is InChI=1S/C20H38O3/c1-3-4-5-6-7-8-9-10-11-12-13-14-15-16-17-20(18-23-20)19(21)22-2/h3-18H2,1-2H3/t20-/m1/s1. The summed E-state index contributed by atoms with van der Waals surface area (Å²) in [6.45, 7) is 2.83. The van der Waals surface area contributed by atoms with E-state index >= 15 is 0 Å². The number of methoxy groups -OCH3 is 1. The first-order chi connectivity index (χ1) is 11.2. The second kappa shape index (κ2) is 12.8. The highest BCUT2D eigenvalue weighted by atomic mass is 16.6. The lowest BCUT2D eigenvalue weighted by Crippen LogP contribution is -2.25. The van der Waals surface area contributed by atoms with Crippen LogP contribution in [-0.2, 0) is 14.3 Å². The summed E-state index contributed by atoms with van der Waals surface area (Å²) in [6, 6.07) is 0. The van der Waals surface area contributed by atoms with E-state index in [-0.39, 0.29) is 5.97 Å². The molecule has 0 aromatic heterocycles. The zero-order valence-electron chi connectivity index (χ0n) is 15.5. The lowest BCUT2D eigenvalue weighted by molar-refractivity contribution is -0.147. The van der Waals surface area contributed by atoms with Gasteiger partial charge in [-0.05, 0) is 12.8 Å². The summed E-state index contributed by atoms with van der Waals surface area (Å²) < 4.78 is 10.1. The van der Waals surface area contributed by atoms with Gasteiger partial charge in [0.15, 0.2) is 5.60 Å². The van der Waals surface area contributed by atoms with Crippen LogP contribution in [0.5, 0.6) is 0 Å². The predicted molar refractivity (Wildman–Crippen MR) is 95.6 cm³/mol. The van der Waals surface area contributed by atoms with Crippen molar-refractivity contribution in [3.05, 3.63) is 0 Å². The Kier molecular flexibility index (Phi) is 11.4. The average molecular weight is 327 g/mol. The van der Waals surface area contributed by atoms with Crippen LogP contribution < -0.4 is 0 Å². The number of rotatable bonds is 16. The molecule has 0 unspecified atom stereocenters. The highest BCUT2D eigenvalue weighted by Gasteiger charge is 2.52.